The van der Waals surface area contributed by atoms with Gasteiger partial charge in [-0.05, 0) is 55.5 Å². The highest BCUT2D eigenvalue weighted by Crippen LogP contribution is 2.25. The summed E-state index contributed by atoms with van der Waals surface area (Å²) in [6, 6.07) is 13.6. The lowest BCUT2D eigenvalue weighted by Gasteiger charge is -2.11. The van der Waals surface area contributed by atoms with E-state index in [2.05, 4.69) is 4.72 Å². The van der Waals surface area contributed by atoms with Gasteiger partial charge in [0.25, 0.3) is 0 Å². The van der Waals surface area contributed by atoms with Crippen LogP contribution in [0.1, 0.15) is 23.1 Å². The summed E-state index contributed by atoms with van der Waals surface area (Å²) >= 11 is 6.12. The van der Waals surface area contributed by atoms with Crippen LogP contribution in [-0.2, 0) is 16.4 Å². The van der Waals surface area contributed by atoms with Crippen LogP contribution in [0.15, 0.2) is 42.5 Å². The fourth-order valence-electron chi connectivity index (χ4n) is 2.54. The maximum Gasteiger partial charge on any atom is 0.211 e. The molecule has 0 radical (unpaired) electrons. The fourth-order valence-corrected chi connectivity index (χ4v) is 3.71. The zero-order chi connectivity index (χ0) is 18.3. The first-order chi connectivity index (χ1) is 11.9. The average Bonchev–Trinajstić information content (AvgIpc) is 2.57. The van der Waals surface area contributed by atoms with Gasteiger partial charge in [-0.25, -0.2) is 13.1 Å². The zero-order valence-electron chi connectivity index (χ0n) is 14.6. The van der Waals surface area contributed by atoms with Gasteiger partial charge < -0.3 is 4.74 Å². The van der Waals surface area contributed by atoms with Gasteiger partial charge in [0.15, 0.2) is 0 Å². The minimum Gasteiger partial charge on any atom is -0.492 e. The quantitative estimate of drug-likeness (QED) is 0.670. The molecule has 0 spiro atoms. The number of benzene rings is 2. The topological polar surface area (TPSA) is 55.4 Å². The lowest BCUT2D eigenvalue weighted by Crippen LogP contribution is -2.30. The Kier molecular flexibility index (Phi) is 7.29. The standard InChI is InChI=1S/C19H24ClNO3S/c1-15-13-18(14-16(2)19(15)20)24-11-10-21-25(22,23)12-6-9-17-7-4-3-5-8-17/h3-5,7-8,13-14,21H,6,9-12H2,1-2H3. The molecule has 136 valence electrons. The van der Waals surface area contributed by atoms with Gasteiger partial charge >= 0.3 is 0 Å². The Morgan fingerprint density at radius 3 is 2.36 bits per heavy atom. The number of sulfonamides is 1. The smallest absolute Gasteiger partial charge is 0.211 e. The summed E-state index contributed by atoms with van der Waals surface area (Å²) < 4.78 is 32.2. The summed E-state index contributed by atoms with van der Waals surface area (Å²) in [4.78, 5) is 0. The van der Waals surface area contributed by atoms with Crippen LogP contribution in [0.2, 0.25) is 5.02 Å². The summed E-state index contributed by atoms with van der Waals surface area (Å²) in [5.41, 5.74) is 3.03. The van der Waals surface area contributed by atoms with Crippen LogP contribution in [-0.4, -0.2) is 27.3 Å². The predicted molar refractivity (Wildman–Crippen MR) is 103 cm³/mol. The van der Waals surface area contributed by atoms with Crippen LogP contribution < -0.4 is 9.46 Å². The van der Waals surface area contributed by atoms with Crippen LogP contribution in [0.3, 0.4) is 0 Å². The highest BCUT2D eigenvalue weighted by atomic mass is 35.5. The van der Waals surface area contributed by atoms with Crippen molar-refractivity contribution in [2.24, 2.45) is 0 Å². The molecule has 6 heteroatoms. The number of rotatable bonds is 9. The summed E-state index contributed by atoms with van der Waals surface area (Å²) in [6.07, 6.45) is 1.34. The van der Waals surface area contributed by atoms with Crippen molar-refractivity contribution >= 4 is 21.6 Å². The van der Waals surface area contributed by atoms with Crippen molar-refractivity contribution in [3.05, 3.63) is 64.2 Å². The molecule has 0 atom stereocenters. The Hall–Kier alpha value is -1.56. The number of nitrogens with one attached hydrogen (secondary N) is 1. The van der Waals surface area contributed by atoms with Crippen molar-refractivity contribution in [2.75, 3.05) is 18.9 Å². The van der Waals surface area contributed by atoms with E-state index in [-0.39, 0.29) is 18.9 Å². The molecule has 1 N–H and O–H groups in total. The van der Waals surface area contributed by atoms with E-state index in [0.717, 1.165) is 28.1 Å². The van der Waals surface area contributed by atoms with E-state index >= 15 is 0 Å². The normalized spacial score (nSPS) is 11.5. The van der Waals surface area contributed by atoms with E-state index in [4.69, 9.17) is 16.3 Å². The molecule has 0 aliphatic carbocycles. The van der Waals surface area contributed by atoms with Gasteiger partial charge in [-0.2, -0.15) is 0 Å². The Balaban J connectivity index is 1.71. The first kappa shape index (κ1) is 19.8. The monoisotopic (exact) mass is 381 g/mol. The first-order valence-corrected chi connectivity index (χ1v) is 10.3. The lowest BCUT2D eigenvalue weighted by molar-refractivity contribution is 0.322. The molecule has 0 saturated carbocycles. The summed E-state index contributed by atoms with van der Waals surface area (Å²) in [6.45, 7) is 4.35. The van der Waals surface area contributed by atoms with E-state index < -0.39 is 10.0 Å². The van der Waals surface area contributed by atoms with Crippen LogP contribution in [0.25, 0.3) is 0 Å². The van der Waals surface area contributed by atoms with Gasteiger partial charge in [0.2, 0.25) is 10.0 Å². The molecular formula is C19H24ClNO3S. The molecule has 25 heavy (non-hydrogen) atoms. The largest absolute Gasteiger partial charge is 0.492 e. The van der Waals surface area contributed by atoms with Crippen molar-refractivity contribution in [3.8, 4) is 5.75 Å². The van der Waals surface area contributed by atoms with E-state index in [0.29, 0.717) is 12.2 Å². The molecule has 0 heterocycles. The van der Waals surface area contributed by atoms with Gasteiger partial charge in [-0.3, -0.25) is 0 Å². The third-order valence-electron chi connectivity index (χ3n) is 3.82. The Labute approximate surface area is 155 Å². The average molecular weight is 382 g/mol. The molecule has 0 aliphatic heterocycles. The van der Waals surface area contributed by atoms with Crippen LogP contribution >= 0.6 is 11.6 Å². The molecule has 2 aromatic carbocycles. The predicted octanol–water partition coefficient (Wildman–Crippen LogP) is 3.89. The molecule has 0 amide bonds. The van der Waals surface area contributed by atoms with Crippen LogP contribution in [0.5, 0.6) is 5.75 Å². The molecule has 2 rings (SSSR count). The fraction of sp³-hybridized carbons (Fsp3) is 0.368. The van der Waals surface area contributed by atoms with Crippen LogP contribution in [0, 0.1) is 13.8 Å². The second-order valence-electron chi connectivity index (χ2n) is 6.02. The van der Waals surface area contributed by atoms with Gasteiger partial charge in [0, 0.05) is 11.6 Å². The van der Waals surface area contributed by atoms with E-state index in [1.807, 2.05) is 56.3 Å². The van der Waals surface area contributed by atoms with E-state index in [9.17, 15) is 8.42 Å². The van der Waals surface area contributed by atoms with Gasteiger partial charge in [-0.15, -0.1) is 0 Å². The minimum absolute atomic E-state index is 0.112. The molecule has 0 unspecified atom stereocenters. The van der Waals surface area contributed by atoms with Crippen molar-refractivity contribution in [1.82, 2.24) is 4.72 Å². The van der Waals surface area contributed by atoms with Crippen molar-refractivity contribution in [2.45, 2.75) is 26.7 Å². The van der Waals surface area contributed by atoms with E-state index in [1.165, 1.54) is 0 Å². The van der Waals surface area contributed by atoms with Crippen LogP contribution in [0.4, 0.5) is 0 Å². The van der Waals surface area contributed by atoms with Gasteiger partial charge in [-0.1, -0.05) is 41.9 Å². The molecule has 0 aromatic heterocycles. The van der Waals surface area contributed by atoms with Crippen molar-refractivity contribution < 1.29 is 13.2 Å². The third-order valence-corrected chi connectivity index (χ3v) is 5.89. The third kappa shape index (κ3) is 6.69. The SMILES string of the molecule is Cc1cc(OCCNS(=O)(=O)CCCc2ccccc2)cc(C)c1Cl. The maximum absolute atomic E-state index is 12.0. The lowest BCUT2D eigenvalue weighted by atomic mass is 10.1. The molecule has 0 saturated heterocycles. The number of hydrogen-bond donors (Lipinski definition) is 1. The molecule has 0 fully saturated rings. The molecular weight excluding hydrogens is 358 g/mol. The molecule has 4 nitrogen and oxygen atoms in total. The highest BCUT2D eigenvalue weighted by molar-refractivity contribution is 7.89. The van der Waals surface area contributed by atoms with Gasteiger partial charge in [0.05, 0.1) is 5.75 Å². The second-order valence-corrected chi connectivity index (χ2v) is 8.33. The highest BCUT2D eigenvalue weighted by Gasteiger charge is 2.10. The van der Waals surface area contributed by atoms with Gasteiger partial charge in [0.1, 0.15) is 12.4 Å². The first-order valence-electron chi connectivity index (χ1n) is 8.28. The second kappa shape index (κ2) is 9.22. The Morgan fingerprint density at radius 2 is 1.72 bits per heavy atom. The van der Waals surface area contributed by atoms with E-state index in [1.54, 1.807) is 0 Å². The molecule has 0 bridgehead atoms. The molecule has 2 aromatic rings. The minimum atomic E-state index is -3.28. The van der Waals surface area contributed by atoms with Crippen molar-refractivity contribution in [3.63, 3.8) is 0 Å². The molecule has 0 aliphatic rings. The Morgan fingerprint density at radius 1 is 1.08 bits per heavy atom. The number of ether oxygens (including phenoxy) is 1. The summed E-state index contributed by atoms with van der Waals surface area (Å²) in [5, 5.41) is 0.728. The Bertz CT molecular complexity index is 769. The number of halogens is 1. The maximum atomic E-state index is 12.0. The number of hydrogen-bond acceptors (Lipinski definition) is 3. The number of aryl methyl sites for hydroxylation is 3. The summed E-state index contributed by atoms with van der Waals surface area (Å²) in [7, 11) is -3.28. The summed E-state index contributed by atoms with van der Waals surface area (Å²) in [5.74, 6) is 0.809. The van der Waals surface area contributed by atoms with Crippen molar-refractivity contribution in [1.29, 1.82) is 0 Å². The zero-order valence-corrected chi connectivity index (χ0v) is 16.2.